The van der Waals surface area contributed by atoms with Gasteiger partial charge >= 0.3 is 5.97 Å². The van der Waals surface area contributed by atoms with Crippen LogP contribution in [0.15, 0.2) is 78.9 Å². The molecule has 0 unspecified atom stereocenters. The zero-order valence-electron chi connectivity index (χ0n) is 21.9. The molecule has 0 radical (unpaired) electrons. The Hall–Kier alpha value is -4.17. The molecule has 5 rings (SSSR count). The standard InChI is InChI=1S/C30H31N3O5/c1-5-38-23-17-15-22(16-18-23)33-27(34)24-25(28(33)35)30(29(36)37-4,20-9-7-6-8-10-20)31-26(24)19-11-13-21(14-12-19)32(2)3/h6-18,24-26,31H,5H2,1-4H3/t24-,25+,26-,30-/m0/s1. The largest absolute Gasteiger partial charge is 0.494 e. The van der Waals surface area contributed by atoms with Gasteiger partial charge in [0.1, 0.15) is 5.75 Å². The lowest BCUT2D eigenvalue weighted by molar-refractivity contribution is -0.152. The Balaban J connectivity index is 1.66. The van der Waals surface area contributed by atoms with Crippen LogP contribution in [0.2, 0.25) is 0 Å². The predicted molar refractivity (Wildman–Crippen MR) is 144 cm³/mol. The number of ether oxygens (including phenoxy) is 2. The number of nitrogens with zero attached hydrogens (tertiary/aromatic N) is 2. The number of methoxy groups -OCH3 is 1. The smallest absolute Gasteiger partial charge is 0.331 e. The summed E-state index contributed by atoms with van der Waals surface area (Å²) in [6, 6.07) is 23.1. The summed E-state index contributed by atoms with van der Waals surface area (Å²) in [5, 5.41) is 3.42. The fraction of sp³-hybridized carbons (Fsp3) is 0.300. The molecule has 2 aliphatic heterocycles. The molecule has 8 nitrogen and oxygen atoms in total. The third kappa shape index (κ3) is 3.92. The number of fused-ring (bicyclic) bond motifs is 1. The Morgan fingerprint density at radius 3 is 2.18 bits per heavy atom. The van der Waals surface area contributed by atoms with Gasteiger partial charge in [0, 0.05) is 25.8 Å². The van der Waals surface area contributed by atoms with Crippen molar-refractivity contribution in [1.82, 2.24) is 5.32 Å². The summed E-state index contributed by atoms with van der Waals surface area (Å²) < 4.78 is 10.8. The SMILES string of the molecule is CCOc1ccc(N2C(=O)[C@@H]3[C@H](c4ccc(N(C)C)cc4)N[C@@](C(=O)OC)(c4ccccc4)[C@H]3C2=O)cc1. The van der Waals surface area contributed by atoms with Crippen LogP contribution < -0.4 is 19.9 Å². The van der Waals surface area contributed by atoms with E-state index in [9.17, 15) is 14.4 Å². The lowest BCUT2D eigenvalue weighted by Crippen LogP contribution is -2.53. The van der Waals surface area contributed by atoms with Crippen molar-refractivity contribution in [3.05, 3.63) is 90.0 Å². The third-order valence-corrected chi connectivity index (χ3v) is 7.47. The lowest BCUT2D eigenvalue weighted by atomic mass is 9.75. The Kier molecular flexibility index (Phi) is 6.67. The molecule has 3 aromatic carbocycles. The first kappa shape index (κ1) is 25.5. The molecular formula is C30H31N3O5. The molecule has 196 valence electrons. The van der Waals surface area contributed by atoms with Gasteiger partial charge in [-0.15, -0.1) is 0 Å². The average molecular weight is 514 g/mol. The molecule has 2 saturated heterocycles. The van der Waals surface area contributed by atoms with Crippen molar-refractivity contribution in [2.24, 2.45) is 11.8 Å². The quantitative estimate of drug-likeness (QED) is 0.381. The van der Waals surface area contributed by atoms with E-state index in [1.54, 1.807) is 48.5 Å². The Labute approximate surface area is 222 Å². The number of imide groups is 1. The second-order valence-corrected chi connectivity index (χ2v) is 9.72. The predicted octanol–water partition coefficient (Wildman–Crippen LogP) is 3.67. The highest BCUT2D eigenvalue weighted by atomic mass is 16.5. The minimum atomic E-state index is -1.54. The average Bonchev–Trinajstić information content (AvgIpc) is 3.43. The fourth-order valence-electron chi connectivity index (χ4n) is 5.72. The molecule has 2 aliphatic rings. The van der Waals surface area contributed by atoms with Crippen molar-refractivity contribution in [1.29, 1.82) is 0 Å². The number of rotatable bonds is 7. The van der Waals surface area contributed by atoms with E-state index < -0.39 is 35.3 Å². The number of anilines is 2. The van der Waals surface area contributed by atoms with E-state index in [2.05, 4.69) is 5.32 Å². The van der Waals surface area contributed by atoms with Crippen molar-refractivity contribution in [3.63, 3.8) is 0 Å². The number of carbonyl (C=O) groups is 3. The molecule has 0 bridgehead atoms. The second kappa shape index (κ2) is 9.95. The molecule has 0 saturated carbocycles. The maximum atomic E-state index is 14.2. The Bertz CT molecular complexity index is 1340. The fourth-order valence-corrected chi connectivity index (χ4v) is 5.72. The van der Waals surface area contributed by atoms with E-state index in [-0.39, 0.29) is 5.91 Å². The second-order valence-electron chi connectivity index (χ2n) is 9.72. The van der Waals surface area contributed by atoms with Crippen LogP contribution in [0.4, 0.5) is 11.4 Å². The number of carbonyl (C=O) groups excluding carboxylic acids is 3. The van der Waals surface area contributed by atoms with Crippen LogP contribution in [0.3, 0.4) is 0 Å². The molecule has 2 amide bonds. The zero-order valence-corrected chi connectivity index (χ0v) is 21.9. The van der Waals surface area contributed by atoms with Gasteiger partial charge in [-0.3, -0.25) is 14.9 Å². The topological polar surface area (TPSA) is 88.2 Å². The van der Waals surface area contributed by atoms with E-state index in [0.717, 1.165) is 11.3 Å². The minimum absolute atomic E-state index is 0.361. The number of hydrogen-bond donors (Lipinski definition) is 1. The number of esters is 1. The van der Waals surface area contributed by atoms with Gasteiger partial charge < -0.3 is 14.4 Å². The van der Waals surface area contributed by atoms with Crippen molar-refractivity contribution in [3.8, 4) is 5.75 Å². The first-order valence-corrected chi connectivity index (χ1v) is 12.6. The highest BCUT2D eigenvalue weighted by Crippen LogP contribution is 2.54. The van der Waals surface area contributed by atoms with Gasteiger partial charge in [-0.2, -0.15) is 0 Å². The van der Waals surface area contributed by atoms with E-state index >= 15 is 0 Å². The van der Waals surface area contributed by atoms with Crippen molar-refractivity contribution in [2.75, 3.05) is 37.6 Å². The Morgan fingerprint density at radius 1 is 0.947 bits per heavy atom. The summed E-state index contributed by atoms with van der Waals surface area (Å²) in [5.74, 6) is -2.60. The molecule has 0 spiro atoms. The number of nitrogens with one attached hydrogen (secondary N) is 1. The van der Waals surface area contributed by atoms with E-state index in [1.165, 1.54) is 12.0 Å². The number of benzene rings is 3. The van der Waals surface area contributed by atoms with Gasteiger partial charge in [-0.05, 0) is 54.4 Å². The van der Waals surface area contributed by atoms with Crippen LogP contribution in [0, 0.1) is 11.8 Å². The van der Waals surface area contributed by atoms with Crippen molar-refractivity contribution in [2.45, 2.75) is 18.5 Å². The molecule has 1 N–H and O–H groups in total. The van der Waals surface area contributed by atoms with Crippen LogP contribution in [0.25, 0.3) is 0 Å². The molecule has 2 fully saturated rings. The first-order chi connectivity index (χ1) is 18.3. The summed E-state index contributed by atoms with van der Waals surface area (Å²) in [5.41, 5.74) is 1.27. The highest BCUT2D eigenvalue weighted by Gasteiger charge is 2.69. The van der Waals surface area contributed by atoms with Gasteiger partial charge in [0.2, 0.25) is 11.8 Å². The minimum Gasteiger partial charge on any atom is -0.494 e. The van der Waals surface area contributed by atoms with Gasteiger partial charge in [0.25, 0.3) is 0 Å². The zero-order chi connectivity index (χ0) is 27.0. The molecule has 38 heavy (non-hydrogen) atoms. The third-order valence-electron chi connectivity index (χ3n) is 7.47. The van der Waals surface area contributed by atoms with Crippen LogP contribution in [-0.2, 0) is 24.7 Å². The normalized spacial score (nSPS) is 24.3. The monoisotopic (exact) mass is 513 g/mol. The van der Waals surface area contributed by atoms with Crippen LogP contribution in [0.5, 0.6) is 5.75 Å². The summed E-state index contributed by atoms with van der Waals surface area (Å²) in [7, 11) is 5.20. The Morgan fingerprint density at radius 2 is 1.61 bits per heavy atom. The molecule has 3 aromatic rings. The van der Waals surface area contributed by atoms with Gasteiger partial charge in [0.05, 0.1) is 31.2 Å². The van der Waals surface area contributed by atoms with Gasteiger partial charge in [-0.1, -0.05) is 42.5 Å². The van der Waals surface area contributed by atoms with E-state index in [1.807, 2.05) is 56.3 Å². The summed E-state index contributed by atoms with van der Waals surface area (Å²) in [6.07, 6.45) is 0. The van der Waals surface area contributed by atoms with Crippen LogP contribution in [-0.4, -0.2) is 45.6 Å². The van der Waals surface area contributed by atoms with Crippen LogP contribution >= 0.6 is 0 Å². The van der Waals surface area contributed by atoms with Gasteiger partial charge in [-0.25, -0.2) is 9.69 Å². The summed E-state index contributed by atoms with van der Waals surface area (Å²) in [4.78, 5) is 45.0. The molecule has 0 aliphatic carbocycles. The van der Waals surface area contributed by atoms with Crippen LogP contribution in [0.1, 0.15) is 24.1 Å². The van der Waals surface area contributed by atoms with E-state index in [4.69, 9.17) is 9.47 Å². The first-order valence-electron chi connectivity index (χ1n) is 12.6. The molecule has 8 heteroatoms. The number of amides is 2. The summed E-state index contributed by atoms with van der Waals surface area (Å²) in [6.45, 7) is 2.39. The molecule has 4 atom stereocenters. The summed E-state index contributed by atoms with van der Waals surface area (Å²) >= 11 is 0. The van der Waals surface area contributed by atoms with E-state index in [0.29, 0.717) is 23.6 Å². The lowest BCUT2D eigenvalue weighted by Gasteiger charge is -2.33. The molecule has 2 heterocycles. The van der Waals surface area contributed by atoms with Gasteiger partial charge in [0.15, 0.2) is 5.54 Å². The molecular weight excluding hydrogens is 482 g/mol. The maximum Gasteiger partial charge on any atom is 0.331 e. The highest BCUT2D eigenvalue weighted by molar-refractivity contribution is 6.24. The maximum absolute atomic E-state index is 14.2. The van der Waals surface area contributed by atoms with Crippen molar-refractivity contribution < 1.29 is 23.9 Å². The van der Waals surface area contributed by atoms with Crippen molar-refractivity contribution >= 4 is 29.2 Å². The number of hydrogen-bond acceptors (Lipinski definition) is 7. The molecule has 0 aromatic heterocycles.